The van der Waals surface area contributed by atoms with Gasteiger partial charge in [-0.25, -0.2) is 8.78 Å². The molecule has 1 unspecified atom stereocenters. The lowest BCUT2D eigenvalue weighted by Crippen LogP contribution is -2.17. The molecule has 0 saturated carbocycles. The lowest BCUT2D eigenvalue weighted by Gasteiger charge is -2.11. The van der Waals surface area contributed by atoms with Gasteiger partial charge < -0.3 is 9.84 Å². The molecule has 1 heterocycles. The molecule has 0 aliphatic rings. The summed E-state index contributed by atoms with van der Waals surface area (Å²) in [6, 6.07) is 0. The lowest BCUT2D eigenvalue weighted by atomic mass is 10.1. The van der Waals surface area contributed by atoms with Gasteiger partial charge in [-0.2, -0.15) is 5.10 Å². The standard InChI is InChI=1S/C11H17BrF2N2O2/c1-7-11(12)9(16(2)15-7)5-8(17)3-4-18-6-10(13)14/h8,10,17H,3-6H2,1-2H3. The Kier molecular flexibility index (Phi) is 6.17. The van der Waals surface area contributed by atoms with Gasteiger partial charge in [0.1, 0.15) is 6.61 Å². The van der Waals surface area contributed by atoms with Gasteiger partial charge in [0.2, 0.25) is 0 Å². The van der Waals surface area contributed by atoms with Crippen molar-refractivity contribution in [3.63, 3.8) is 0 Å². The molecule has 104 valence electrons. The van der Waals surface area contributed by atoms with Crippen molar-refractivity contribution in [3.8, 4) is 0 Å². The highest BCUT2D eigenvalue weighted by atomic mass is 79.9. The minimum absolute atomic E-state index is 0.125. The summed E-state index contributed by atoms with van der Waals surface area (Å²) in [5, 5.41) is 14.0. The molecule has 0 bridgehead atoms. The molecule has 0 radical (unpaired) electrons. The predicted octanol–water partition coefficient (Wildman–Crippen LogP) is 2.07. The van der Waals surface area contributed by atoms with E-state index in [-0.39, 0.29) is 6.61 Å². The Hall–Kier alpha value is -0.530. The Labute approximate surface area is 113 Å². The van der Waals surface area contributed by atoms with Gasteiger partial charge in [0.25, 0.3) is 6.43 Å². The number of aliphatic hydroxyl groups excluding tert-OH is 1. The van der Waals surface area contributed by atoms with Gasteiger partial charge in [-0.3, -0.25) is 4.68 Å². The van der Waals surface area contributed by atoms with Crippen molar-refractivity contribution in [1.29, 1.82) is 0 Å². The van der Waals surface area contributed by atoms with Gasteiger partial charge >= 0.3 is 0 Å². The highest BCUT2D eigenvalue weighted by molar-refractivity contribution is 9.10. The molecule has 0 spiro atoms. The summed E-state index contributed by atoms with van der Waals surface area (Å²) in [4.78, 5) is 0. The highest BCUT2D eigenvalue weighted by Gasteiger charge is 2.15. The molecule has 0 amide bonds. The third kappa shape index (κ3) is 4.62. The summed E-state index contributed by atoms with van der Waals surface area (Å²) in [5.41, 5.74) is 1.74. The molecular weight excluding hydrogens is 310 g/mol. The summed E-state index contributed by atoms with van der Waals surface area (Å²) < 4.78 is 30.9. The monoisotopic (exact) mass is 326 g/mol. The Morgan fingerprint density at radius 2 is 2.17 bits per heavy atom. The second kappa shape index (κ2) is 7.16. The first-order chi connectivity index (χ1) is 8.41. The van der Waals surface area contributed by atoms with Crippen molar-refractivity contribution in [2.24, 2.45) is 7.05 Å². The zero-order valence-electron chi connectivity index (χ0n) is 10.4. The fourth-order valence-electron chi connectivity index (χ4n) is 1.62. The van der Waals surface area contributed by atoms with Gasteiger partial charge in [-0.1, -0.05) is 0 Å². The largest absolute Gasteiger partial charge is 0.393 e. The molecule has 0 aliphatic heterocycles. The number of rotatable bonds is 7. The SMILES string of the molecule is Cc1nn(C)c(CC(O)CCOCC(F)F)c1Br. The molecule has 1 aromatic heterocycles. The Morgan fingerprint density at radius 3 is 2.67 bits per heavy atom. The number of aliphatic hydroxyl groups is 1. The van der Waals surface area contributed by atoms with Crippen LogP contribution in [0.5, 0.6) is 0 Å². The summed E-state index contributed by atoms with van der Waals surface area (Å²) in [7, 11) is 1.80. The van der Waals surface area contributed by atoms with Crippen molar-refractivity contribution < 1.29 is 18.6 Å². The third-order valence-corrected chi connectivity index (χ3v) is 3.56. The minimum atomic E-state index is -2.46. The zero-order valence-corrected chi connectivity index (χ0v) is 12.0. The van der Waals surface area contributed by atoms with E-state index < -0.39 is 19.1 Å². The number of alkyl halides is 2. The second-order valence-electron chi connectivity index (χ2n) is 4.08. The molecule has 1 N–H and O–H groups in total. The molecule has 7 heteroatoms. The predicted molar refractivity (Wildman–Crippen MR) is 66.8 cm³/mol. The fraction of sp³-hybridized carbons (Fsp3) is 0.727. The van der Waals surface area contributed by atoms with E-state index in [0.717, 1.165) is 15.9 Å². The second-order valence-corrected chi connectivity index (χ2v) is 4.88. The average molecular weight is 327 g/mol. The van der Waals surface area contributed by atoms with E-state index in [1.807, 2.05) is 6.92 Å². The summed E-state index contributed by atoms with van der Waals surface area (Å²) in [6.45, 7) is 1.41. The molecule has 0 aliphatic carbocycles. The first kappa shape index (κ1) is 15.5. The van der Waals surface area contributed by atoms with Crippen LogP contribution in [0.1, 0.15) is 17.8 Å². The van der Waals surface area contributed by atoms with Crippen molar-refractivity contribution >= 4 is 15.9 Å². The third-order valence-electron chi connectivity index (χ3n) is 2.53. The molecule has 4 nitrogen and oxygen atoms in total. The molecule has 18 heavy (non-hydrogen) atoms. The first-order valence-electron chi connectivity index (χ1n) is 5.63. The van der Waals surface area contributed by atoms with Crippen LogP contribution >= 0.6 is 15.9 Å². The average Bonchev–Trinajstić information content (AvgIpc) is 2.51. The number of hydrogen-bond acceptors (Lipinski definition) is 3. The smallest absolute Gasteiger partial charge is 0.261 e. The van der Waals surface area contributed by atoms with Gasteiger partial charge in [0.15, 0.2) is 0 Å². The zero-order chi connectivity index (χ0) is 13.7. The Balaban J connectivity index is 2.38. The van der Waals surface area contributed by atoms with Crippen LogP contribution in [0, 0.1) is 6.92 Å². The number of hydrogen-bond donors (Lipinski definition) is 1. The Morgan fingerprint density at radius 1 is 1.50 bits per heavy atom. The van der Waals surface area contributed by atoms with Crippen LogP contribution in [-0.4, -0.2) is 40.6 Å². The maximum Gasteiger partial charge on any atom is 0.261 e. The van der Waals surface area contributed by atoms with E-state index in [4.69, 9.17) is 4.74 Å². The molecule has 0 fully saturated rings. The van der Waals surface area contributed by atoms with E-state index in [1.165, 1.54) is 0 Å². The van der Waals surface area contributed by atoms with Gasteiger partial charge in [-0.05, 0) is 29.3 Å². The van der Waals surface area contributed by atoms with Crippen molar-refractivity contribution in [2.75, 3.05) is 13.2 Å². The number of nitrogens with zero attached hydrogens (tertiary/aromatic N) is 2. The first-order valence-corrected chi connectivity index (χ1v) is 6.43. The Bertz CT molecular complexity index is 385. The molecule has 0 aromatic carbocycles. The van der Waals surface area contributed by atoms with Gasteiger partial charge in [-0.15, -0.1) is 0 Å². The minimum Gasteiger partial charge on any atom is -0.393 e. The van der Waals surface area contributed by atoms with Crippen LogP contribution in [-0.2, 0) is 18.2 Å². The van der Waals surface area contributed by atoms with Gasteiger partial charge in [0.05, 0.1) is 22.0 Å². The lowest BCUT2D eigenvalue weighted by molar-refractivity contribution is 0.00495. The maximum atomic E-state index is 11.8. The molecule has 1 atom stereocenters. The normalized spacial score (nSPS) is 13.3. The number of halogens is 3. The van der Waals surface area contributed by atoms with Crippen LogP contribution < -0.4 is 0 Å². The summed E-state index contributed by atoms with van der Waals surface area (Å²) in [5.74, 6) is 0. The van der Waals surface area contributed by atoms with E-state index in [0.29, 0.717) is 12.8 Å². The molecule has 1 aromatic rings. The number of ether oxygens (including phenoxy) is 1. The van der Waals surface area contributed by atoms with Crippen molar-refractivity contribution in [1.82, 2.24) is 9.78 Å². The summed E-state index contributed by atoms with van der Waals surface area (Å²) >= 11 is 3.41. The number of aromatic nitrogens is 2. The van der Waals surface area contributed by atoms with Crippen LogP contribution in [0.25, 0.3) is 0 Å². The van der Waals surface area contributed by atoms with E-state index in [9.17, 15) is 13.9 Å². The highest BCUT2D eigenvalue weighted by Crippen LogP contribution is 2.21. The van der Waals surface area contributed by atoms with Crippen molar-refractivity contribution in [3.05, 3.63) is 15.9 Å². The van der Waals surface area contributed by atoms with E-state index in [2.05, 4.69) is 21.0 Å². The molecular formula is C11H17BrF2N2O2. The summed E-state index contributed by atoms with van der Waals surface area (Å²) in [6.07, 6.45) is -2.36. The fourth-order valence-corrected chi connectivity index (χ4v) is 2.12. The van der Waals surface area contributed by atoms with E-state index >= 15 is 0 Å². The van der Waals surface area contributed by atoms with Gasteiger partial charge in [0, 0.05) is 20.1 Å². The molecule has 0 saturated heterocycles. The maximum absolute atomic E-state index is 11.8. The van der Waals surface area contributed by atoms with Crippen LogP contribution in [0.3, 0.4) is 0 Å². The van der Waals surface area contributed by atoms with Crippen LogP contribution in [0.4, 0.5) is 8.78 Å². The quantitative estimate of drug-likeness (QED) is 0.780. The van der Waals surface area contributed by atoms with Crippen LogP contribution in [0.2, 0.25) is 0 Å². The van der Waals surface area contributed by atoms with E-state index in [1.54, 1.807) is 11.7 Å². The molecule has 1 rings (SSSR count). The van der Waals surface area contributed by atoms with Crippen LogP contribution in [0.15, 0.2) is 4.47 Å². The number of aryl methyl sites for hydroxylation is 2. The topological polar surface area (TPSA) is 47.3 Å². The van der Waals surface area contributed by atoms with Crippen molar-refractivity contribution in [2.45, 2.75) is 32.3 Å².